The van der Waals surface area contributed by atoms with Crippen LogP contribution < -0.4 is 52.1 Å². The zero-order valence-electron chi connectivity index (χ0n) is 57.0. The van der Waals surface area contributed by atoms with Crippen LogP contribution in [0.1, 0.15) is 94.2 Å². The summed E-state index contributed by atoms with van der Waals surface area (Å²) in [5.41, 5.74) is 6.97. The normalized spacial score (nSPS) is 19.0. The number of epoxide rings is 6. The van der Waals surface area contributed by atoms with Gasteiger partial charge in [-0.2, -0.15) is 0 Å². The minimum Gasteiger partial charge on any atom is -0.493 e. The van der Waals surface area contributed by atoms with Crippen LogP contribution >= 0.6 is 0 Å². The predicted molar refractivity (Wildman–Crippen MR) is 375 cm³/mol. The second kappa shape index (κ2) is 32.9. The van der Waals surface area contributed by atoms with Gasteiger partial charge in [-0.1, -0.05) is 19.1 Å². The lowest BCUT2D eigenvalue weighted by Crippen LogP contribution is -2.11. The zero-order valence-corrected chi connectivity index (χ0v) is 57.0. The Balaban J connectivity index is 0.000000135. The lowest BCUT2D eigenvalue weighted by molar-refractivity contribution is 0.0718. The van der Waals surface area contributed by atoms with Crippen LogP contribution in [0.4, 0.5) is 0 Å². The Morgan fingerprint density at radius 3 is 0.856 bits per heavy atom. The average molecular weight is 1410 g/mol. The second-order valence-corrected chi connectivity index (χ2v) is 25.4. The van der Waals surface area contributed by atoms with E-state index in [1.165, 1.54) is 0 Å². The number of hydrogen-bond acceptors (Lipinski definition) is 22. The summed E-state index contributed by atoms with van der Waals surface area (Å²) in [7, 11) is 0. The van der Waals surface area contributed by atoms with Gasteiger partial charge in [0.2, 0.25) is 0 Å². The third-order valence-electron chi connectivity index (χ3n) is 17.3. The summed E-state index contributed by atoms with van der Waals surface area (Å²) < 4.78 is 92.2. The van der Waals surface area contributed by atoms with E-state index in [4.69, 9.17) is 80.5 Å². The lowest BCUT2D eigenvalue weighted by atomic mass is 9.99. The van der Waals surface area contributed by atoms with E-state index in [9.17, 15) is 24.0 Å². The molecule has 7 aliphatic rings. The maximum absolute atomic E-state index is 12.8. The molecule has 6 atom stereocenters. The Labute approximate surface area is 599 Å². The standard InChI is InChI=1S/C34H28O8.C27H24O8.C21H22O6/c1-20-31-14-25(41-33(35)21-2-6-23(7-3-21)37-16-27-18-39-27)10-12-29(31)30-13-11-26(15-32(20)30)42-34(36)22-4-8-24(9-5-22)38-17-28-19-40-28;1-17-12-22(34-26(28)18-2-6-20(7-3-18)30-13-23-15-32-23)10-11-25(17)35-27(29)19-4-8-21(9-5-19)31-14-24-16-33-24;22-21(15-1-3-16(4-2-15)23-11-9-19-13-25-19)27-18-7-5-17(6-8-18)24-12-10-20-14-26-20/h2-15,20,27-28H,16-19H2,1H3;2-12,23-24H,13-16H2,1H3;1-8,19-20H,9-14H2. The van der Waals surface area contributed by atoms with E-state index in [2.05, 4.69) is 6.92 Å². The highest BCUT2D eigenvalue weighted by molar-refractivity contribution is 5.94. The Bertz CT molecular complexity index is 4340. The molecule has 0 spiro atoms. The molecule has 9 aromatic carbocycles. The van der Waals surface area contributed by atoms with E-state index in [0.29, 0.717) is 137 Å². The number of benzene rings is 9. The van der Waals surface area contributed by atoms with Crippen LogP contribution in [0.5, 0.6) is 63.2 Å². The molecule has 0 N–H and O–H groups in total. The van der Waals surface area contributed by atoms with Gasteiger partial charge in [0.15, 0.2) is 0 Å². The summed E-state index contributed by atoms with van der Waals surface area (Å²) in [6.07, 6.45) is 3.15. The molecule has 22 nitrogen and oxygen atoms in total. The van der Waals surface area contributed by atoms with E-state index in [0.717, 1.165) is 86.2 Å². The highest BCUT2D eigenvalue weighted by Crippen LogP contribution is 2.47. The molecule has 16 rings (SSSR count). The van der Waals surface area contributed by atoms with Crippen molar-refractivity contribution < 1.29 is 104 Å². The zero-order chi connectivity index (χ0) is 71.3. The van der Waals surface area contributed by atoms with Crippen molar-refractivity contribution in [2.75, 3.05) is 79.3 Å². The van der Waals surface area contributed by atoms with E-state index < -0.39 is 29.8 Å². The molecule has 0 aromatic heterocycles. The second-order valence-electron chi connectivity index (χ2n) is 25.4. The topological polar surface area (TPSA) is 262 Å². The molecule has 6 aliphatic heterocycles. The molecule has 0 radical (unpaired) electrons. The number of aryl methyl sites for hydroxylation is 1. The molecule has 6 saturated heterocycles. The van der Waals surface area contributed by atoms with E-state index in [-0.39, 0.29) is 30.3 Å². The summed E-state index contributed by atoms with van der Waals surface area (Å²) in [5, 5.41) is 0. The van der Waals surface area contributed by atoms with Gasteiger partial charge in [-0.25, -0.2) is 24.0 Å². The summed E-state index contributed by atoms with van der Waals surface area (Å²) in [4.78, 5) is 62.9. The fourth-order valence-electron chi connectivity index (χ4n) is 10.7. The summed E-state index contributed by atoms with van der Waals surface area (Å²) >= 11 is 0. The SMILES string of the molecule is CC1c2cc(OC(=O)c3ccc(OCC4CO4)cc3)ccc2-c2ccc(OC(=O)c3ccc(OCC4CO4)cc3)cc21.Cc1cc(OC(=O)c2ccc(OCC3CO3)cc2)ccc1OC(=O)c1ccc(OCC2CO2)cc1.O=C(Oc1ccc(OCCC2CO2)cc1)c1ccc(OCCC2CO2)cc1. The van der Waals surface area contributed by atoms with Crippen LogP contribution in [0.25, 0.3) is 11.1 Å². The van der Waals surface area contributed by atoms with Gasteiger partial charge in [-0.3, -0.25) is 0 Å². The van der Waals surface area contributed by atoms with Crippen LogP contribution in [0, 0.1) is 6.92 Å². The van der Waals surface area contributed by atoms with E-state index in [1.54, 1.807) is 183 Å². The van der Waals surface area contributed by atoms with Crippen LogP contribution in [-0.4, -0.2) is 146 Å². The van der Waals surface area contributed by atoms with Crippen LogP contribution in [0.15, 0.2) is 200 Å². The van der Waals surface area contributed by atoms with Crippen molar-refractivity contribution in [1.82, 2.24) is 0 Å². The highest BCUT2D eigenvalue weighted by atomic mass is 16.6. The van der Waals surface area contributed by atoms with Crippen LogP contribution in [-0.2, 0) is 28.4 Å². The summed E-state index contributed by atoms with van der Waals surface area (Å²) in [6, 6.07) is 57.3. The van der Waals surface area contributed by atoms with Gasteiger partial charge in [0.05, 0.1) is 92.9 Å². The fourth-order valence-corrected chi connectivity index (χ4v) is 10.7. The molecule has 534 valence electrons. The van der Waals surface area contributed by atoms with Gasteiger partial charge in [-0.05, 0) is 223 Å². The molecule has 6 fully saturated rings. The minimum absolute atomic E-state index is 0.0195. The van der Waals surface area contributed by atoms with Crippen LogP contribution in [0.2, 0.25) is 0 Å². The molecular weight excluding hydrogens is 1340 g/mol. The van der Waals surface area contributed by atoms with Crippen molar-refractivity contribution in [1.29, 1.82) is 0 Å². The smallest absolute Gasteiger partial charge is 0.343 e. The lowest BCUT2D eigenvalue weighted by Gasteiger charge is -2.11. The highest BCUT2D eigenvalue weighted by Gasteiger charge is 2.30. The van der Waals surface area contributed by atoms with Crippen molar-refractivity contribution >= 4 is 29.8 Å². The summed E-state index contributed by atoms with van der Waals surface area (Å²) in [5.74, 6) is 4.01. The first-order chi connectivity index (χ1) is 50.8. The quantitative estimate of drug-likeness (QED) is 0.0230. The van der Waals surface area contributed by atoms with Crippen molar-refractivity contribution in [2.24, 2.45) is 0 Å². The van der Waals surface area contributed by atoms with E-state index in [1.807, 2.05) is 24.3 Å². The van der Waals surface area contributed by atoms with Gasteiger partial charge >= 0.3 is 29.8 Å². The van der Waals surface area contributed by atoms with E-state index >= 15 is 0 Å². The van der Waals surface area contributed by atoms with Gasteiger partial charge in [-0.15, -0.1) is 0 Å². The van der Waals surface area contributed by atoms with Gasteiger partial charge in [0.1, 0.15) is 114 Å². The van der Waals surface area contributed by atoms with Crippen LogP contribution in [0.3, 0.4) is 0 Å². The third-order valence-corrected chi connectivity index (χ3v) is 17.3. The number of esters is 5. The van der Waals surface area contributed by atoms with Gasteiger partial charge < -0.3 is 80.5 Å². The molecule has 9 aromatic rings. The summed E-state index contributed by atoms with van der Waals surface area (Å²) in [6.45, 7) is 11.6. The number of hydrogen-bond donors (Lipinski definition) is 0. The molecule has 22 heteroatoms. The fraction of sp³-hybridized carbons (Fsp3) is 0.280. The molecular formula is C82H74O22. The molecule has 6 heterocycles. The van der Waals surface area contributed by atoms with Gasteiger partial charge in [0.25, 0.3) is 0 Å². The number of ether oxygens (including phenoxy) is 17. The van der Waals surface area contributed by atoms with Crippen molar-refractivity contribution in [2.45, 2.75) is 69.2 Å². The third kappa shape index (κ3) is 20.4. The maximum Gasteiger partial charge on any atom is 0.343 e. The average Bonchev–Trinajstić information content (AvgIpc) is 1.61. The molecule has 0 amide bonds. The Kier molecular flexibility index (Phi) is 22.1. The van der Waals surface area contributed by atoms with Crippen molar-refractivity contribution in [3.05, 3.63) is 245 Å². The van der Waals surface area contributed by atoms with Crippen molar-refractivity contribution in [3.63, 3.8) is 0 Å². The minimum atomic E-state index is -0.498. The maximum atomic E-state index is 12.8. The largest absolute Gasteiger partial charge is 0.493 e. The van der Waals surface area contributed by atoms with Crippen molar-refractivity contribution in [3.8, 4) is 74.4 Å². The molecule has 6 unspecified atom stereocenters. The molecule has 1 aliphatic carbocycles. The predicted octanol–water partition coefficient (Wildman–Crippen LogP) is 13.0. The number of carbonyl (C=O) groups excluding carboxylic acids is 5. The first-order valence-electron chi connectivity index (χ1n) is 34.4. The first-order valence-corrected chi connectivity index (χ1v) is 34.4. The van der Waals surface area contributed by atoms with Gasteiger partial charge in [0, 0.05) is 18.8 Å². The monoisotopic (exact) mass is 1410 g/mol. The molecule has 104 heavy (non-hydrogen) atoms. The Morgan fingerprint density at radius 1 is 0.298 bits per heavy atom. The molecule has 0 saturated carbocycles. The molecule has 0 bridgehead atoms. The number of carbonyl (C=O) groups is 5. The first kappa shape index (κ1) is 70.0. The Morgan fingerprint density at radius 2 is 0.548 bits per heavy atom. The number of rotatable bonds is 30. The Hall–Kier alpha value is -11.1. The number of fused-ring (bicyclic) bond motifs is 3.